The first kappa shape index (κ1) is 23.2. The van der Waals surface area contributed by atoms with Crippen LogP contribution in [0, 0.1) is 5.82 Å². The molecule has 1 aromatic heterocycles. The van der Waals surface area contributed by atoms with Gasteiger partial charge in [-0.3, -0.25) is 14.2 Å². The fourth-order valence-electron chi connectivity index (χ4n) is 4.32. The summed E-state index contributed by atoms with van der Waals surface area (Å²) in [6.07, 6.45) is 0. The summed E-state index contributed by atoms with van der Waals surface area (Å²) in [4.78, 5) is 34.0. The van der Waals surface area contributed by atoms with Crippen molar-refractivity contribution in [2.24, 2.45) is 0 Å². The van der Waals surface area contributed by atoms with Gasteiger partial charge in [0.25, 0.3) is 11.5 Å². The van der Waals surface area contributed by atoms with Gasteiger partial charge in [0.2, 0.25) is 0 Å². The number of amides is 1. The molecule has 0 aliphatic rings. The summed E-state index contributed by atoms with van der Waals surface area (Å²) in [6.45, 7) is 2.18. The number of hydrogen-bond donors (Lipinski definition) is 0. The lowest BCUT2D eigenvalue weighted by Crippen LogP contribution is -2.37. The largest absolute Gasteiger partial charge is 0.324 e. The van der Waals surface area contributed by atoms with Crippen molar-refractivity contribution < 1.29 is 9.18 Å². The summed E-state index contributed by atoms with van der Waals surface area (Å²) in [5.74, 6) is -0.189. The zero-order chi connectivity index (χ0) is 25.1. The molecule has 0 fully saturated rings. The van der Waals surface area contributed by atoms with Crippen LogP contribution in [0.15, 0.2) is 114 Å². The van der Waals surface area contributed by atoms with Crippen molar-refractivity contribution in [1.82, 2.24) is 14.5 Å². The van der Waals surface area contributed by atoms with Gasteiger partial charge in [-0.2, -0.15) is 0 Å². The Morgan fingerprint density at radius 1 is 0.861 bits per heavy atom. The van der Waals surface area contributed by atoms with Gasteiger partial charge < -0.3 is 4.90 Å². The van der Waals surface area contributed by atoms with Crippen LogP contribution in [0.3, 0.4) is 0 Å². The van der Waals surface area contributed by atoms with Crippen molar-refractivity contribution >= 4 is 16.8 Å². The van der Waals surface area contributed by atoms with E-state index in [2.05, 4.69) is 0 Å². The lowest BCUT2D eigenvalue weighted by Gasteiger charge is -2.31. The highest BCUT2D eigenvalue weighted by molar-refractivity contribution is 5.94. The number of aromatic nitrogens is 2. The van der Waals surface area contributed by atoms with E-state index in [1.165, 1.54) is 16.7 Å². The number of benzene rings is 4. The van der Waals surface area contributed by atoms with Crippen LogP contribution in [0.1, 0.15) is 34.7 Å². The topological polar surface area (TPSA) is 55.2 Å². The number of hydrogen-bond acceptors (Lipinski definition) is 3. The number of rotatable bonds is 6. The zero-order valence-corrected chi connectivity index (χ0v) is 19.7. The molecule has 1 atom stereocenters. The average Bonchev–Trinajstić information content (AvgIpc) is 2.93. The minimum absolute atomic E-state index is 0.181. The Bertz CT molecular complexity index is 1570. The van der Waals surface area contributed by atoms with Gasteiger partial charge in [0, 0.05) is 12.1 Å². The summed E-state index contributed by atoms with van der Waals surface area (Å²) < 4.78 is 15.2. The third kappa shape index (κ3) is 4.53. The Kier molecular flexibility index (Phi) is 6.41. The maximum absolute atomic E-state index is 13.8. The summed E-state index contributed by atoms with van der Waals surface area (Å²) in [6, 6.07) is 31.0. The predicted molar refractivity (Wildman–Crippen MR) is 138 cm³/mol. The smallest absolute Gasteiger partial charge is 0.266 e. The molecular formula is C30H24FN3O2. The molecule has 178 valence electrons. The quantitative estimate of drug-likeness (QED) is 0.305. The van der Waals surface area contributed by atoms with E-state index in [-0.39, 0.29) is 11.5 Å². The van der Waals surface area contributed by atoms with Crippen LogP contribution >= 0.6 is 0 Å². The van der Waals surface area contributed by atoms with Crippen LogP contribution in [0.25, 0.3) is 16.6 Å². The highest BCUT2D eigenvalue weighted by atomic mass is 19.1. The van der Waals surface area contributed by atoms with Gasteiger partial charge in [0.15, 0.2) is 0 Å². The first-order valence-corrected chi connectivity index (χ1v) is 11.7. The number of carbonyl (C=O) groups excluding carboxylic acids is 1. The summed E-state index contributed by atoms with van der Waals surface area (Å²) in [5, 5.41) is 0.446. The number of carbonyl (C=O) groups is 1. The van der Waals surface area contributed by atoms with E-state index in [4.69, 9.17) is 4.98 Å². The van der Waals surface area contributed by atoms with Crippen LogP contribution in [-0.2, 0) is 6.54 Å². The number of para-hydroxylation sites is 1. The van der Waals surface area contributed by atoms with Gasteiger partial charge in [0.1, 0.15) is 11.6 Å². The highest BCUT2D eigenvalue weighted by Crippen LogP contribution is 2.26. The predicted octanol–water partition coefficient (Wildman–Crippen LogP) is 5.93. The molecule has 1 unspecified atom stereocenters. The van der Waals surface area contributed by atoms with E-state index in [0.717, 1.165) is 5.56 Å². The van der Waals surface area contributed by atoms with E-state index < -0.39 is 11.9 Å². The van der Waals surface area contributed by atoms with E-state index >= 15 is 0 Å². The van der Waals surface area contributed by atoms with Crippen LogP contribution < -0.4 is 5.56 Å². The number of fused-ring (bicyclic) bond motifs is 1. The molecule has 0 radical (unpaired) electrons. The van der Waals surface area contributed by atoms with E-state index in [1.807, 2.05) is 61.5 Å². The third-order valence-electron chi connectivity index (χ3n) is 6.20. The molecule has 0 saturated heterocycles. The Balaban J connectivity index is 1.70. The van der Waals surface area contributed by atoms with Crippen molar-refractivity contribution in [3.8, 4) is 5.69 Å². The molecule has 0 N–H and O–H groups in total. The first-order valence-electron chi connectivity index (χ1n) is 11.7. The normalized spacial score (nSPS) is 11.8. The van der Waals surface area contributed by atoms with E-state index in [9.17, 15) is 14.0 Å². The number of halogens is 1. The Hall–Kier alpha value is -4.58. The third-order valence-corrected chi connectivity index (χ3v) is 6.20. The highest BCUT2D eigenvalue weighted by Gasteiger charge is 2.28. The van der Waals surface area contributed by atoms with Crippen molar-refractivity contribution in [3.63, 3.8) is 0 Å². The van der Waals surface area contributed by atoms with Gasteiger partial charge in [-0.05, 0) is 61.0 Å². The molecule has 36 heavy (non-hydrogen) atoms. The fraction of sp³-hybridized carbons (Fsp3) is 0.100. The van der Waals surface area contributed by atoms with Crippen LogP contribution in [0.2, 0.25) is 0 Å². The molecule has 0 aliphatic heterocycles. The minimum Gasteiger partial charge on any atom is -0.324 e. The molecule has 0 saturated carbocycles. The van der Waals surface area contributed by atoms with Gasteiger partial charge in [-0.25, -0.2) is 9.37 Å². The molecule has 5 aromatic rings. The van der Waals surface area contributed by atoms with Crippen molar-refractivity contribution in [2.75, 3.05) is 0 Å². The molecule has 6 heteroatoms. The molecule has 0 bridgehead atoms. The van der Waals surface area contributed by atoms with E-state index in [1.54, 1.807) is 47.4 Å². The maximum Gasteiger partial charge on any atom is 0.266 e. The van der Waals surface area contributed by atoms with Crippen LogP contribution in [-0.4, -0.2) is 20.4 Å². The standard InChI is InChI=1S/C30H24FN3O2/c1-21(33(20-22-10-4-2-5-11-22)29(35)23-12-6-3-7-13-23)28-32-27-15-9-8-14-26(27)30(36)34(28)25-18-16-24(31)17-19-25/h2-19,21H,20H2,1H3. The molecule has 1 heterocycles. The molecule has 0 spiro atoms. The average molecular weight is 478 g/mol. The van der Waals surface area contributed by atoms with Gasteiger partial charge in [-0.1, -0.05) is 60.7 Å². The van der Waals surface area contributed by atoms with Gasteiger partial charge >= 0.3 is 0 Å². The summed E-state index contributed by atoms with van der Waals surface area (Å²) in [7, 11) is 0. The Morgan fingerprint density at radius 2 is 1.47 bits per heavy atom. The SMILES string of the molecule is CC(c1nc2ccccc2c(=O)n1-c1ccc(F)cc1)N(Cc1ccccc1)C(=O)c1ccccc1. The summed E-state index contributed by atoms with van der Waals surface area (Å²) in [5.41, 5.74) is 2.23. The second-order valence-corrected chi connectivity index (χ2v) is 8.56. The minimum atomic E-state index is -0.583. The van der Waals surface area contributed by atoms with Crippen molar-refractivity contribution in [3.05, 3.63) is 142 Å². The van der Waals surface area contributed by atoms with Crippen molar-refractivity contribution in [2.45, 2.75) is 19.5 Å². The Labute approximate surface area is 208 Å². The van der Waals surface area contributed by atoms with Crippen LogP contribution in [0.5, 0.6) is 0 Å². The molecule has 5 nitrogen and oxygen atoms in total. The van der Waals surface area contributed by atoms with Gasteiger partial charge in [-0.15, -0.1) is 0 Å². The van der Waals surface area contributed by atoms with Gasteiger partial charge in [0.05, 0.1) is 22.6 Å². The molecule has 5 rings (SSSR count). The summed E-state index contributed by atoms with van der Waals surface area (Å²) >= 11 is 0. The molecule has 1 amide bonds. The second-order valence-electron chi connectivity index (χ2n) is 8.56. The Morgan fingerprint density at radius 3 is 2.17 bits per heavy atom. The monoisotopic (exact) mass is 477 g/mol. The number of nitrogens with zero attached hydrogens (tertiary/aromatic N) is 3. The second kappa shape index (κ2) is 9.96. The van der Waals surface area contributed by atoms with Crippen molar-refractivity contribution in [1.29, 1.82) is 0 Å². The molecule has 0 aliphatic carbocycles. The first-order chi connectivity index (χ1) is 17.5. The maximum atomic E-state index is 13.8. The zero-order valence-electron chi connectivity index (χ0n) is 19.7. The lowest BCUT2D eigenvalue weighted by atomic mass is 10.1. The van der Waals surface area contributed by atoms with E-state index in [0.29, 0.717) is 34.5 Å². The fourth-order valence-corrected chi connectivity index (χ4v) is 4.32. The molecule has 4 aromatic carbocycles. The van der Waals surface area contributed by atoms with Crippen LogP contribution in [0.4, 0.5) is 4.39 Å². The lowest BCUT2D eigenvalue weighted by molar-refractivity contribution is 0.0664. The molecular weight excluding hydrogens is 453 g/mol.